The number of hydrogen-bond donors (Lipinski definition) is 0. The molecule has 1 aliphatic heterocycles. The Bertz CT molecular complexity index is 488. The van der Waals surface area contributed by atoms with Crippen molar-refractivity contribution in [2.45, 2.75) is 25.4 Å². The molecule has 18 heavy (non-hydrogen) atoms. The zero-order valence-corrected chi connectivity index (χ0v) is 10.6. The van der Waals surface area contributed by atoms with Crippen LogP contribution in [0.25, 0.3) is 0 Å². The highest BCUT2D eigenvalue weighted by Gasteiger charge is 2.26. The highest BCUT2D eigenvalue weighted by atomic mass is 15.3. The fourth-order valence-corrected chi connectivity index (χ4v) is 2.66. The molecule has 1 unspecified atom stereocenters. The summed E-state index contributed by atoms with van der Waals surface area (Å²) in [5.41, 5.74) is 1.33. The molecular weight excluding hydrogens is 228 g/mol. The largest absolute Gasteiger partial charge is 0.294 e. The van der Waals surface area contributed by atoms with E-state index in [0.717, 1.165) is 19.6 Å². The Morgan fingerprint density at radius 2 is 2.28 bits per heavy atom. The molecule has 2 aromatic rings. The fourth-order valence-electron chi connectivity index (χ4n) is 2.66. The summed E-state index contributed by atoms with van der Waals surface area (Å²) < 4.78 is 3.77. The first kappa shape index (κ1) is 11.4. The molecule has 0 aliphatic carbocycles. The van der Waals surface area contributed by atoms with E-state index < -0.39 is 0 Å². The predicted octanol–water partition coefficient (Wildman–Crippen LogP) is 0.849. The van der Waals surface area contributed by atoms with Gasteiger partial charge in [0.2, 0.25) is 0 Å². The Balaban J connectivity index is 1.64. The minimum atomic E-state index is 0.516. The van der Waals surface area contributed by atoms with Crippen molar-refractivity contribution in [3.63, 3.8) is 0 Å². The van der Waals surface area contributed by atoms with Gasteiger partial charge in [-0.15, -0.1) is 0 Å². The van der Waals surface area contributed by atoms with Crippen LogP contribution in [-0.2, 0) is 13.6 Å². The van der Waals surface area contributed by atoms with Gasteiger partial charge in [0.25, 0.3) is 0 Å². The summed E-state index contributed by atoms with van der Waals surface area (Å²) in [5.74, 6) is 0. The summed E-state index contributed by atoms with van der Waals surface area (Å²) in [4.78, 5) is 6.48. The number of rotatable bonds is 4. The highest BCUT2D eigenvalue weighted by molar-refractivity contribution is 5.12. The van der Waals surface area contributed by atoms with Crippen molar-refractivity contribution in [1.82, 2.24) is 29.4 Å². The van der Waals surface area contributed by atoms with Crippen LogP contribution in [-0.4, -0.2) is 42.5 Å². The molecule has 3 heterocycles. The van der Waals surface area contributed by atoms with E-state index >= 15 is 0 Å². The summed E-state index contributed by atoms with van der Waals surface area (Å²) in [6.07, 6.45) is 9.95. The number of aromatic nitrogens is 5. The van der Waals surface area contributed by atoms with Gasteiger partial charge >= 0.3 is 0 Å². The van der Waals surface area contributed by atoms with Crippen LogP contribution in [0.15, 0.2) is 25.0 Å². The van der Waals surface area contributed by atoms with Crippen molar-refractivity contribution in [3.8, 4) is 0 Å². The third-order valence-corrected chi connectivity index (χ3v) is 3.56. The van der Waals surface area contributed by atoms with E-state index in [9.17, 15) is 0 Å². The van der Waals surface area contributed by atoms with E-state index in [2.05, 4.69) is 26.3 Å². The average molecular weight is 246 g/mol. The SMILES string of the molecule is Cn1cc(C2CCCN2CCn2cncn2)cn1. The van der Waals surface area contributed by atoms with Crippen LogP contribution in [0.5, 0.6) is 0 Å². The molecule has 1 aliphatic rings. The monoisotopic (exact) mass is 246 g/mol. The molecule has 6 heteroatoms. The van der Waals surface area contributed by atoms with Crippen LogP contribution in [0, 0.1) is 0 Å². The second-order valence-corrected chi connectivity index (χ2v) is 4.80. The van der Waals surface area contributed by atoms with Gasteiger partial charge in [0, 0.05) is 31.4 Å². The average Bonchev–Trinajstić information content (AvgIpc) is 3.07. The minimum Gasteiger partial charge on any atom is -0.294 e. The zero-order valence-electron chi connectivity index (χ0n) is 10.6. The van der Waals surface area contributed by atoms with Gasteiger partial charge in [-0.1, -0.05) is 0 Å². The van der Waals surface area contributed by atoms with E-state index in [1.165, 1.54) is 18.4 Å². The maximum Gasteiger partial charge on any atom is 0.137 e. The van der Waals surface area contributed by atoms with Crippen LogP contribution >= 0.6 is 0 Å². The Labute approximate surface area is 106 Å². The molecule has 0 saturated carbocycles. The van der Waals surface area contributed by atoms with Crippen LogP contribution < -0.4 is 0 Å². The lowest BCUT2D eigenvalue weighted by Crippen LogP contribution is -2.27. The third kappa shape index (κ3) is 2.28. The minimum absolute atomic E-state index is 0.516. The molecule has 1 atom stereocenters. The molecule has 0 N–H and O–H groups in total. The summed E-state index contributed by atoms with van der Waals surface area (Å²) in [6, 6.07) is 0.516. The van der Waals surface area contributed by atoms with Crippen molar-refractivity contribution in [2.75, 3.05) is 13.1 Å². The second kappa shape index (κ2) is 4.89. The van der Waals surface area contributed by atoms with Gasteiger partial charge in [-0.3, -0.25) is 14.3 Å². The molecule has 0 radical (unpaired) electrons. The lowest BCUT2D eigenvalue weighted by molar-refractivity contribution is 0.243. The Morgan fingerprint density at radius 1 is 1.33 bits per heavy atom. The number of aryl methyl sites for hydroxylation is 1. The first-order chi connectivity index (χ1) is 8.83. The quantitative estimate of drug-likeness (QED) is 0.802. The van der Waals surface area contributed by atoms with E-state index in [-0.39, 0.29) is 0 Å². The summed E-state index contributed by atoms with van der Waals surface area (Å²) >= 11 is 0. The summed E-state index contributed by atoms with van der Waals surface area (Å²) in [5, 5.41) is 8.41. The lowest BCUT2D eigenvalue weighted by Gasteiger charge is -2.23. The Morgan fingerprint density at radius 3 is 3.00 bits per heavy atom. The zero-order chi connectivity index (χ0) is 12.4. The molecule has 1 saturated heterocycles. The van der Waals surface area contributed by atoms with Gasteiger partial charge in [0.1, 0.15) is 12.7 Å². The molecule has 1 fully saturated rings. The van der Waals surface area contributed by atoms with Gasteiger partial charge in [-0.05, 0) is 19.4 Å². The maximum atomic E-state index is 4.27. The molecule has 96 valence electrons. The molecule has 0 bridgehead atoms. The van der Waals surface area contributed by atoms with Gasteiger partial charge in [-0.2, -0.15) is 10.2 Å². The smallest absolute Gasteiger partial charge is 0.137 e. The molecule has 0 amide bonds. The third-order valence-electron chi connectivity index (χ3n) is 3.56. The molecule has 2 aromatic heterocycles. The predicted molar refractivity (Wildman–Crippen MR) is 66.8 cm³/mol. The van der Waals surface area contributed by atoms with Gasteiger partial charge in [0.15, 0.2) is 0 Å². The van der Waals surface area contributed by atoms with E-state index in [1.54, 1.807) is 12.7 Å². The Kier molecular flexibility index (Phi) is 3.10. The highest BCUT2D eigenvalue weighted by Crippen LogP contribution is 2.31. The van der Waals surface area contributed by atoms with Crippen molar-refractivity contribution < 1.29 is 0 Å². The van der Waals surface area contributed by atoms with Crippen molar-refractivity contribution in [3.05, 3.63) is 30.6 Å². The van der Waals surface area contributed by atoms with Crippen molar-refractivity contribution in [2.24, 2.45) is 7.05 Å². The first-order valence-corrected chi connectivity index (χ1v) is 6.38. The number of nitrogens with zero attached hydrogens (tertiary/aromatic N) is 6. The standard InChI is InChI=1S/C12H18N6/c1-16-8-11(7-14-16)12-3-2-4-17(12)5-6-18-10-13-9-15-18/h7-10,12H,2-6H2,1H3. The summed E-state index contributed by atoms with van der Waals surface area (Å²) in [6.45, 7) is 3.08. The maximum absolute atomic E-state index is 4.27. The van der Waals surface area contributed by atoms with Crippen LogP contribution in [0.2, 0.25) is 0 Å². The van der Waals surface area contributed by atoms with Crippen LogP contribution in [0.4, 0.5) is 0 Å². The van der Waals surface area contributed by atoms with Gasteiger partial charge in [0.05, 0.1) is 12.7 Å². The summed E-state index contributed by atoms with van der Waals surface area (Å²) in [7, 11) is 1.97. The number of hydrogen-bond acceptors (Lipinski definition) is 4. The normalized spacial score (nSPS) is 20.6. The topological polar surface area (TPSA) is 51.8 Å². The van der Waals surface area contributed by atoms with Crippen LogP contribution in [0.3, 0.4) is 0 Å². The molecule has 0 aromatic carbocycles. The number of likely N-dealkylation sites (tertiary alicyclic amines) is 1. The van der Waals surface area contributed by atoms with Crippen LogP contribution in [0.1, 0.15) is 24.4 Å². The van der Waals surface area contributed by atoms with E-state index in [4.69, 9.17) is 0 Å². The lowest BCUT2D eigenvalue weighted by atomic mass is 10.1. The molecule has 6 nitrogen and oxygen atoms in total. The van der Waals surface area contributed by atoms with E-state index in [1.807, 2.05) is 22.6 Å². The molecule has 0 spiro atoms. The Hall–Kier alpha value is -1.69. The van der Waals surface area contributed by atoms with Gasteiger partial charge in [-0.25, -0.2) is 4.98 Å². The molecule has 3 rings (SSSR count). The van der Waals surface area contributed by atoms with Crippen molar-refractivity contribution >= 4 is 0 Å². The fraction of sp³-hybridized carbons (Fsp3) is 0.583. The van der Waals surface area contributed by atoms with E-state index in [0.29, 0.717) is 6.04 Å². The van der Waals surface area contributed by atoms with Gasteiger partial charge < -0.3 is 0 Å². The molecular formula is C12H18N6. The first-order valence-electron chi connectivity index (χ1n) is 6.38. The second-order valence-electron chi connectivity index (χ2n) is 4.80. The van der Waals surface area contributed by atoms with Crippen molar-refractivity contribution in [1.29, 1.82) is 0 Å².